The lowest BCUT2D eigenvalue weighted by Gasteiger charge is -2.19. The van der Waals surface area contributed by atoms with E-state index in [1.54, 1.807) is 0 Å². The van der Waals surface area contributed by atoms with Crippen molar-refractivity contribution in [3.63, 3.8) is 0 Å². The van der Waals surface area contributed by atoms with E-state index in [1.807, 2.05) is 49.3 Å². The number of fused-ring (bicyclic) bond motifs is 1. The van der Waals surface area contributed by atoms with Crippen molar-refractivity contribution in [2.75, 3.05) is 20.6 Å². The molecule has 1 aliphatic rings. The molecule has 0 fully saturated rings. The Bertz CT molecular complexity index is 643. The molecule has 0 atom stereocenters. The lowest BCUT2D eigenvalue weighted by atomic mass is 10.1. The van der Waals surface area contributed by atoms with E-state index < -0.39 is 5.91 Å². The fourth-order valence-electron chi connectivity index (χ4n) is 1.83. The van der Waals surface area contributed by atoms with Gasteiger partial charge in [-0.2, -0.15) is 5.26 Å². The molecule has 0 saturated carbocycles. The Morgan fingerprint density at radius 2 is 2.29 bits per heavy atom. The predicted molar refractivity (Wildman–Crippen MR) is 83.8 cm³/mol. The van der Waals surface area contributed by atoms with Crippen molar-refractivity contribution >= 4 is 24.1 Å². The number of carbonyl (C=O) groups excluding carboxylic acids is 1. The molecule has 6 heteroatoms. The molecule has 0 spiro atoms. The molecule has 108 valence electrons. The van der Waals surface area contributed by atoms with Gasteiger partial charge in [0.1, 0.15) is 11.6 Å². The maximum atomic E-state index is 12.0. The second kappa shape index (κ2) is 7.07. The van der Waals surface area contributed by atoms with E-state index in [1.165, 1.54) is 18.2 Å². The smallest absolute Gasteiger partial charge is 0.289 e. The van der Waals surface area contributed by atoms with Gasteiger partial charge in [0.05, 0.1) is 0 Å². The minimum Gasteiger partial charge on any atom is -0.328 e. The largest absolute Gasteiger partial charge is 0.328 e. The van der Waals surface area contributed by atoms with Crippen molar-refractivity contribution in [1.29, 1.82) is 5.26 Å². The van der Waals surface area contributed by atoms with E-state index in [0.717, 1.165) is 10.5 Å². The fourth-order valence-corrected chi connectivity index (χ4v) is 2.65. The molecule has 5 nitrogen and oxygen atoms in total. The van der Waals surface area contributed by atoms with Crippen LogP contribution >= 0.6 is 11.9 Å². The Morgan fingerprint density at radius 1 is 1.52 bits per heavy atom. The van der Waals surface area contributed by atoms with Gasteiger partial charge in [-0.1, -0.05) is 18.2 Å². The first-order chi connectivity index (χ1) is 10.1. The van der Waals surface area contributed by atoms with Crippen LogP contribution in [-0.4, -0.2) is 37.7 Å². The number of hydrogen-bond acceptors (Lipinski definition) is 5. The third kappa shape index (κ3) is 3.94. The summed E-state index contributed by atoms with van der Waals surface area (Å²) in [5.74, 6) is -0.498. The van der Waals surface area contributed by atoms with Gasteiger partial charge in [-0.05, 0) is 37.7 Å². The number of hydrogen-bond donors (Lipinski definition) is 1. The second-order valence-electron chi connectivity index (χ2n) is 4.83. The molecular weight excluding hydrogens is 284 g/mol. The summed E-state index contributed by atoms with van der Waals surface area (Å²) in [6, 6.07) is 9.88. The topological polar surface area (TPSA) is 68.5 Å². The van der Waals surface area contributed by atoms with Gasteiger partial charge in [0.15, 0.2) is 0 Å². The minimum atomic E-state index is -0.498. The molecule has 0 saturated heterocycles. The molecule has 0 unspecified atom stereocenters. The van der Waals surface area contributed by atoms with E-state index in [2.05, 4.69) is 9.71 Å². The van der Waals surface area contributed by atoms with E-state index >= 15 is 0 Å². The molecule has 1 N–H and O–H groups in total. The number of nitriles is 1. The van der Waals surface area contributed by atoms with Crippen molar-refractivity contribution in [3.8, 4) is 6.07 Å². The van der Waals surface area contributed by atoms with E-state index in [-0.39, 0.29) is 5.57 Å². The lowest BCUT2D eigenvalue weighted by molar-refractivity contribution is -0.114. The van der Waals surface area contributed by atoms with Gasteiger partial charge in [-0.15, -0.1) is 0 Å². The zero-order valence-corrected chi connectivity index (χ0v) is 12.8. The summed E-state index contributed by atoms with van der Waals surface area (Å²) < 4.78 is 3.08. The number of nitrogens with zero attached hydrogens (tertiary/aromatic N) is 3. The number of rotatable bonds is 3. The maximum Gasteiger partial charge on any atom is 0.289 e. The van der Waals surface area contributed by atoms with Crippen LogP contribution in [0.25, 0.3) is 0 Å². The lowest BCUT2D eigenvalue weighted by Crippen LogP contribution is -2.19. The van der Waals surface area contributed by atoms with Gasteiger partial charge in [0.2, 0.25) is 0 Å². The molecule has 1 aliphatic heterocycles. The number of amides is 1. The van der Waals surface area contributed by atoms with Crippen LogP contribution in [0.15, 0.2) is 45.4 Å². The minimum absolute atomic E-state index is 0.0759. The van der Waals surface area contributed by atoms with E-state index in [9.17, 15) is 10.1 Å². The molecule has 0 aromatic heterocycles. The molecule has 2 rings (SSSR count). The SMILES string of the molecule is CN(C)CC=NC(=O)C(C#N)=C1Cc2ccccc2SN1. The quantitative estimate of drug-likeness (QED) is 0.399. The fraction of sp³-hybridized carbons (Fsp3) is 0.267. The first-order valence-electron chi connectivity index (χ1n) is 6.47. The van der Waals surface area contributed by atoms with Crippen LogP contribution in [-0.2, 0) is 11.2 Å². The summed E-state index contributed by atoms with van der Waals surface area (Å²) in [6.07, 6.45) is 2.06. The summed E-state index contributed by atoms with van der Waals surface area (Å²) >= 11 is 1.42. The predicted octanol–water partition coefficient (Wildman–Crippen LogP) is 1.78. The van der Waals surface area contributed by atoms with Crippen molar-refractivity contribution in [3.05, 3.63) is 41.1 Å². The monoisotopic (exact) mass is 300 g/mol. The normalized spacial score (nSPS) is 16.3. The highest BCUT2D eigenvalue weighted by Gasteiger charge is 2.20. The van der Waals surface area contributed by atoms with Crippen LogP contribution in [0, 0.1) is 11.3 Å². The Labute approximate surface area is 128 Å². The number of nitrogens with one attached hydrogen (secondary N) is 1. The number of allylic oxidation sites excluding steroid dienone is 1. The van der Waals surface area contributed by atoms with Gasteiger partial charge in [0, 0.05) is 29.8 Å². The summed E-state index contributed by atoms with van der Waals surface area (Å²) in [5, 5.41) is 9.24. The summed E-state index contributed by atoms with van der Waals surface area (Å²) in [7, 11) is 3.77. The van der Waals surface area contributed by atoms with Gasteiger partial charge in [0.25, 0.3) is 5.91 Å². The number of aliphatic imine (C=N–C) groups is 1. The molecule has 1 aromatic carbocycles. The standard InChI is InChI=1S/C15H16N4OS/c1-19(2)8-7-17-15(20)12(10-16)13-9-11-5-3-4-6-14(11)21-18-13/h3-7,18H,8-9H2,1-2H3. The molecule has 0 aliphatic carbocycles. The second-order valence-corrected chi connectivity index (χ2v) is 5.68. The Balaban J connectivity index is 2.19. The Morgan fingerprint density at radius 3 is 3.00 bits per heavy atom. The van der Waals surface area contributed by atoms with Crippen LogP contribution in [0.1, 0.15) is 5.56 Å². The van der Waals surface area contributed by atoms with Crippen molar-refractivity contribution < 1.29 is 4.79 Å². The first kappa shape index (κ1) is 15.3. The van der Waals surface area contributed by atoms with Gasteiger partial charge in [-0.3, -0.25) is 4.79 Å². The summed E-state index contributed by atoms with van der Waals surface area (Å²) in [5.41, 5.74) is 1.80. The highest BCUT2D eigenvalue weighted by Crippen LogP contribution is 2.29. The average molecular weight is 300 g/mol. The number of benzene rings is 1. The molecule has 0 bridgehead atoms. The molecule has 21 heavy (non-hydrogen) atoms. The van der Waals surface area contributed by atoms with Crippen molar-refractivity contribution in [2.24, 2.45) is 4.99 Å². The van der Waals surface area contributed by atoms with Gasteiger partial charge >= 0.3 is 0 Å². The van der Waals surface area contributed by atoms with Crippen molar-refractivity contribution in [1.82, 2.24) is 9.62 Å². The maximum absolute atomic E-state index is 12.0. The first-order valence-corrected chi connectivity index (χ1v) is 7.29. The molecule has 1 heterocycles. The average Bonchev–Trinajstić information content (AvgIpc) is 2.47. The Hall–Kier alpha value is -2.10. The Kier molecular flexibility index (Phi) is 5.14. The van der Waals surface area contributed by atoms with Crippen LogP contribution < -0.4 is 4.72 Å². The van der Waals surface area contributed by atoms with Crippen LogP contribution in [0.2, 0.25) is 0 Å². The third-order valence-corrected chi connectivity index (χ3v) is 3.87. The number of carbonyl (C=O) groups is 1. The van der Waals surface area contributed by atoms with Crippen LogP contribution in [0.4, 0.5) is 0 Å². The summed E-state index contributed by atoms with van der Waals surface area (Å²) in [6.45, 7) is 0.560. The molecule has 1 aromatic rings. The molecular formula is C15H16N4OS. The zero-order valence-electron chi connectivity index (χ0n) is 12.0. The van der Waals surface area contributed by atoms with Crippen molar-refractivity contribution in [2.45, 2.75) is 11.3 Å². The van der Waals surface area contributed by atoms with Gasteiger partial charge < -0.3 is 9.62 Å². The summed E-state index contributed by atoms with van der Waals surface area (Å²) in [4.78, 5) is 18.9. The highest BCUT2D eigenvalue weighted by atomic mass is 32.2. The van der Waals surface area contributed by atoms with Crippen LogP contribution in [0.5, 0.6) is 0 Å². The van der Waals surface area contributed by atoms with E-state index in [0.29, 0.717) is 18.7 Å². The molecule has 1 amide bonds. The zero-order chi connectivity index (χ0) is 15.2. The van der Waals surface area contributed by atoms with Crippen LogP contribution in [0.3, 0.4) is 0 Å². The third-order valence-electron chi connectivity index (χ3n) is 2.91. The van der Waals surface area contributed by atoms with E-state index in [4.69, 9.17) is 0 Å². The van der Waals surface area contributed by atoms with Gasteiger partial charge in [-0.25, -0.2) is 4.99 Å². The molecule has 0 radical (unpaired) electrons. The highest BCUT2D eigenvalue weighted by molar-refractivity contribution is 7.97.